The predicted molar refractivity (Wildman–Crippen MR) is 112 cm³/mol. The van der Waals surface area contributed by atoms with Crippen LogP contribution >= 0.6 is 11.8 Å². The van der Waals surface area contributed by atoms with E-state index >= 15 is 0 Å². The summed E-state index contributed by atoms with van der Waals surface area (Å²) in [6, 6.07) is 18.6. The van der Waals surface area contributed by atoms with Crippen LogP contribution in [0.5, 0.6) is 0 Å². The summed E-state index contributed by atoms with van der Waals surface area (Å²) < 4.78 is 25.1. The maximum absolute atomic E-state index is 12.5. The lowest BCUT2D eigenvalue weighted by atomic mass is 10.1. The van der Waals surface area contributed by atoms with Crippen LogP contribution in [0.15, 0.2) is 82.8 Å². The molecule has 0 bridgehead atoms. The third-order valence-electron chi connectivity index (χ3n) is 3.93. The normalized spacial score (nSPS) is 11.2. The molecule has 1 N–H and O–H groups in total. The monoisotopic (exact) mass is 412 g/mol. The molecule has 1 amide bonds. The van der Waals surface area contributed by atoms with Crippen LogP contribution in [0, 0.1) is 0 Å². The van der Waals surface area contributed by atoms with Gasteiger partial charge in [-0.2, -0.15) is 0 Å². The minimum absolute atomic E-state index is 0.164. The molecule has 0 aliphatic carbocycles. The Hall–Kier alpha value is -2.64. The van der Waals surface area contributed by atoms with Crippen molar-refractivity contribution in [3.05, 3.63) is 84.1 Å². The van der Waals surface area contributed by atoms with Crippen LogP contribution in [0.1, 0.15) is 22.8 Å². The molecule has 1 heterocycles. The molecule has 28 heavy (non-hydrogen) atoms. The molecule has 0 unspecified atom stereocenters. The van der Waals surface area contributed by atoms with Crippen LogP contribution in [-0.4, -0.2) is 25.1 Å². The van der Waals surface area contributed by atoms with Gasteiger partial charge in [0.05, 0.1) is 27.6 Å². The Morgan fingerprint density at radius 2 is 1.82 bits per heavy atom. The number of benzene rings is 2. The largest absolute Gasteiger partial charge is 0.321 e. The second-order valence-electron chi connectivity index (χ2n) is 6.04. The predicted octanol–water partition coefficient (Wildman–Crippen LogP) is 4.42. The van der Waals surface area contributed by atoms with Gasteiger partial charge in [0.2, 0.25) is 0 Å². The van der Waals surface area contributed by atoms with Gasteiger partial charge in [-0.05, 0) is 47.7 Å². The van der Waals surface area contributed by atoms with E-state index in [1.807, 2.05) is 13.0 Å². The molecule has 3 rings (SSSR count). The Morgan fingerprint density at radius 3 is 2.50 bits per heavy atom. The third kappa shape index (κ3) is 5.21. The van der Waals surface area contributed by atoms with Gasteiger partial charge >= 0.3 is 0 Å². The van der Waals surface area contributed by atoms with Crippen molar-refractivity contribution in [1.82, 2.24) is 4.98 Å². The fourth-order valence-electron chi connectivity index (χ4n) is 2.62. The number of hydrogen-bond acceptors (Lipinski definition) is 5. The van der Waals surface area contributed by atoms with Crippen LogP contribution in [0.4, 0.5) is 5.69 Å². The first-order valence-electron chi connectivity index (χ1n) is 8.75. The number of rotatable bonds is 7. The second kappa shape index (κ2) is 9.03. The molecular weight excluding hydrogens is 392 g/mol. The van der Waals surface area contributed by atoms with Gasteiger partial charge in [-0.25, -0.2) is 13.4 Å². The first-order valence-corrected chi connectivity index (χ1v) is 11.4. The highest BCUT2D eigenvalue weighted by molar-refractivity contribution is 7.99. The van der Waals surface area contributed by atoms with Crippen molar-refractivity contribution in [2.24, 2.45) is 0 Å². The number of carbonyl (C=O) groups excluding carboxylic acids is 1. The van der Waals surface area contributed by atoms with Crippen molar-refractivity contribution in [1.29, 1.82) is 0 Å². The quantitative estimate of drug-likeness (QED) is 0.581. The van der Waals surface area contributed by atoms with Crippen molar-refractivity contribution >= 4 is 33.2 Å². The lowest BCUT2D eigenvalue weighted by Crippen LogP contribution is -2.13. The molecule has 0 fully saturated rings. The van der Waals surface area contributed by atoms with Crippen LogP contribution in [0.25, 0.3) is 0 Å². The highest BCUT2D eigenvalue weighted by Gasteiger charge is 2.16. The molecule has 2 aromatic carbocycles. The third-order valence-corrected chi connectivity index (χ3v) is 6.46. The highest BCUT2D eigenvalue weighted by atomic mass is 32.2. The summed E-state index contributed by atoms with van der Waals surface area (Å²) in [5.74, 6) is 0.455. The van der Waals surface area contributed by atoms with Gasteiger partial charge in [0, 0.05) is 5.56 Å². The van der Waals surface area contributed by atoms with E-state index in [9.17, 15) is 13.2 Å². The van der Waals surface area contributed by atoms with Crippen molar-refractivity contribution in [2.45, 2.75) is 22.6 Å². The van der Waals surface area contributed by atoms with E-state index in [1.54, 1.807) is 78.6 Å². The Kier molecular flexibility index (Phi) is 6.49. The standard InChI is InChI=1S/C21H20N2O3S2/c1-2-27-20-12-11-18(14-22-20)23-21(24)17-8-6-7-16(13-17)15-28(25,26)19-9-4-3-5-10-19/h3-14H,2,15H2,1H3,(H,23,24). The van der Waals surface area contributed by atoms with Crippen molar-refractivity contribution in [3.63, 3.8) is 0 Å². The molecule has 0 atom stereocenters. The number of thioether (sulfide) groups is 1. The molecule has 5 nitrogen and oxygen atoms in total. The summed E-state index contributed by atoms with van der Waals surface area (Å²) in [5, 5.41) is 3.69. The fraction of sp³-hybridized carbons (Fsp3) is 0.143. The number of amides is 1. The summed E-state index contributed by atoms with van der Waals surface area (Å²) in [5.41, 5.74) is 1.55. The Bertz CT molecular complexity index is 1050. The Labute approximate surface area is 169 Å². The highest BCUT2D eigenvalue weighted by Crippen LogP contribution is 2.19. The molecular formula is C21H20N2O3S2. The van der Waals surface area contributed by atoms with Crippen LogP contribution < -0.4 is 5.32 Å². The Balaban J connectivity index is 1.73. The maximum Gasteiger partial charge on any atom is 0.255 e. The van der Waals surface area contributed by atoms with E-state index in [4.69, 9.17) is 0 Å². The van der Waals surface area contributed by atoms with Crippen LogP contribution in [0.2, 0.25) is 0 Å². The maximum atomic E-state index is 12.5. The number of sulfone groups is 1. The molecule has 0 aliphatic heterocycles. The first kappa shape index (κ1) is 20.1. The number of hydrogen-bond donors (Lipinski definition) is 1. The minimum atomic E-state index is -3.47. The van der Waals surface area contributed by atoms with E-state index in [-0.39, 0.29) is 16.6 Å². The van der Waals surface area contributed by atoms with E-state index in [0.29, 0.717) is 16.8 Å². The van der Waals surface area contributed by atoms with Gasteiger partial charge in [0.1, 0.15) is 0 Å². The van der Waals surface area contributed by atoms with Crippen molar-refractivity contribution in [2.75, 3.05) is 11.1 Å². The summed E-state index contributed by atoms with van der Waals surface area (Å²) in [7, 11) is -3.47. The van der Waals surface area contributed by atoms with E-state index < -0.39 is 9.84 Å². The topological polar surface area (TPSA) is 76.1 Å². The molecule has 0 spiro atoms. The molecule has 0 saturated heterocycles. The Morgan fingerprint density at radius 1 is 1.04 bits per heavy atom. The number of pyridine rings is 1. The van der Waals surface area contributed by atoms with Crippen molar-refractivity contribution < 1.29 is 13.2 Å². The van der Waals surface area contributed by atoms with E-state index in [0.717, 1.165) is 10.8 Å². The fourth-order valence-corrected chi connectivity index (χ4v) is 4.57. The number of nitrogens with one attached hydrogen (secondary N) is 1. The molecule has 0 aliphatic rings. The smallest absolute Gasteiger partial charge is 0.255 e. The lowest BCUT2D eigenvalue weighted by Gasteiger charge is -2.08. The van der Waals surface area contributed by atoms with Crippen LogP contribution in [-0.2, 0) is 15.6 Å². The number of anilines is 1. The minimum Gasteiger partial charge on any atom is -0.321 e. The van der Waals surface area contributed by atoms with E-state index in [1.165, 1.54) is 0 Å². The van der Waals surface area contributed by atoms with Gasteiger partial charge in [0.25, 0.3) is 5.91 Å². The zero-order valence-electron chi connectivity index (χ0n) is 15.3. The summed E-state index contributed by atoms with van der Waals surface area (Å²) in [4.78, 5) is 17.1. The summed E-state index contributed by atoms with van der Waals surface area (Å²) >= 11 is 1.62. The zero-order chi connectivity index (χ0) is 20.0. The lowest BCUT2D eigenvalue weighted by molar-refractivity contribution is 0.102. The van der Waals surface area contributed by atoms with Gasteiger partial charge in [-0.3, -0.25) is 4.79 Å². The summed E-state index contributed by atoms with van der Waals surface area (Å²) in [6.07, 6.45) is 1.61. The van der Waals surface area contributed by atoms with Gasteiger partial charge in [-0.15, -0.1) is 11.8 Å². The molecule has 7 heteroatoms. The first-order chi connectivity index (χ1) is 13.5. The van der Waals surface area contributed by atoms with Crippen molar-refractivity contribution in [3.8, 4) is 0 Å². The number of aromatic nitrogens is 1. The number of nitrogens with zero attached hydrogens (tertiary/aromatic N) is 1. The molecule has 1 aromatic heterocycles. The van der Waals surface area contributed by atoms with Gasteiger partial charge < -0.3 is 5.32 Å². The molecule has 0 saturated carbocycles. The van der Waals surface area contributed by atoms with Gasteiger partial charge in [0.15, 0.2) is 9.84 Å². The van der Waals surface area contributed by atoms with Gasteiger partial charge in [-0.1, -0.05) is 37.3 Å². The average molecular weight is 413 g/mol. The van der Waals surface area contributed by atoms with Crippen LogP contribution in [0.3, 0.4) is 0 Å². The average Bonchev–Trinajstić information content (AvgIpc) is 2.70. The van der Waals surface area contributed by atoms with E-state index in [2.05, 4.69) is 10.3 Å². The zero-order valence-corrected chi connectivity index (χ0v) is 17.0. The molecule has 0 radical (unpaired) electrons. The molecule has 144 valence electrons. The second-order valence-corrected chi connectivity index (χ2v) is 9.32. The molecule has 3 aromatic rings. The number of carbonyl (C=O) groups is 1. The summed E-state index contributed by atoms with van der Waals surface area (Å²) in [6.45, 7) is 2.05. The SMILES string of the molecule is CCSc1ccc(NC(=O)c2cccc(CS(=O)(=O)c3ccccc3)c2)cn1.